The number of nitrogens with one attached hydrogen (secondary N) is 1. The number of amides is 1. The molecule has 1 amide bonds. The first-order valence-electron chi connectivity index (χ1n) is 7.28. The molecule has 0 aliphatic heterocycles. The summed E-state index contributed by atoms with van der Waals surface area (Å²) in [5.74, 6) is 0.125. The quantitative estimate of drug-likeness (QED) is 0.841. The summed E-state index contributed by atoms with van der Waals surface area (Å²) in [7, 11) is 1.74. The van der Waals surface area contributed by atoms with Crippen molar-refractivity contribution >= 4 is 5.91 Å². The van der Waals surface area contributed by atoms with E-state index >= 15 is 0 Å². The summed E-state index contributed by atoms with van der Waals surface area (Å²) in [6, 6.07) is 4.43. The largest absolute Gasteiger partial charge is 0.483 e. The van der Waals surface area contributed by atoms with Crippen LogP contribution in [0.3, 0.4) is 0 Å². The third-order valence-electron chi connectivity index (χ3n) is 3.47. The molecule has 0 aliphatic rings. The summed E-state index contributed by atoms with van der Waals surface area (Å²) < 4.78 is 19.0. The van der Waals surface area contributed by atoms with Crippen molar-refractivity contribution in [2.24, 2.45) is 0 Å². The zero-order chi connectivity index (χ0) is 16.0. The van der Waals surface area contributed by atoms with Crippen molar-refractivity contribution in [1.29, 1.82) is 0 Å². The molecule has 0 aromatic heterocycles. The minimum atomic E-state index is -0.312. The molecule has 1 N–H and O–H groups in total. The molecular formula is C16H25FN2O2. The lowest BCUT2D eigenvalue weighted by Crippen LogP contribution is -2.36. The van der Waals surface area contributed by atoms with Gasteiger partial charge in [-0.15, -0.1) is 0 Å². The van der Waals surface area contributed by atoms with Crippen LogP contribution in [0.25, 0.3) is 0 Å². The lowest BCUT2D eigenvalue weighted by Gasteiger charge is -2.22. The number of carbonyl (C=O) groups excluding carboxylic acids is 1. The fraction of sp³-hybridized carbons (Fsp3) is 0.562. The molecule has 0 bridgehead atoms. The molecular weight excluding hydrogens is 271 g/mol. The number of likely N-dealkylation sites (N-methyl/N-ethyl adjacent to an activating group) is 1. The number of halogens is 1. The van der Waals surface area contributed by atoms with Gasteiger partial charge in [-0.3, -0.25) is 4.79 Å². The molecule has 0 aliphatic carbocycles. The Labute approximate surface area is 126 Å². The molecule has 21 heavy (non-hydrogen) atoms. The first kappa shape index (κ1) is 17.4. The van der Waals surface area contributed by atoms with Gasteiger partial charge in [-0.05, 0) is 45.5 Å². The van der Waals surface area contributed by atoms with Gasteiger partial charge in [0, 0.05) is 24.7 Å². The van der Waals surface area contributed by atoms with E-state index in [-0.39, 0.29) is 30.4 Å². The first-order chi connectivity index (χ1) is 9.86. The van der Waals surface area contributed by atoms with Crippen molar-refractivity contribution < 1.29 is 13.9 Å². The van der Waals surface area contributed by atoms with Crippen molar-refractivity contribution in [3.63, 3.8) is 0 Å². The highest BCUT2D eigenvalue weighted by Gasteiger charge is 2.16. The molecule has 0 radical (unpaired) electrons. The van der Waals surface area contributed by atoms with E-state index in [4.69, 9.17) is 4.74 Å². The van der Waals surface area contributed by atoms with E-state index in [1.165, 1.54) is 12.1 Å². The van der Waals surface area contributed by atoms with Gasteiger partial charge in [-0.1, -0.05) is 6.92 Å². The maximum absolute atomic E-state index is 13.4. The van der Waals surface area contributed by atoms with Crippen molar-refractivity contribution in [2.75, 3.05) is 20.2 Å². The molecule has 1 atom stereocenters. The van der Waals surface area contributed by atoms with E-state index < -0.39 is 0 Å². The number of carbonyl (C=O) groups is 1. The van der Waals surface area contributed by atoms with E-state index in [9.17, 15) is 9.18 Å². The molecule has 4 nitrogen and oxygen atoms in total. The summed E-state index contributed by atoms with van der Waals surface area (Å²) in [6.45, 7) is 8.52. The number of hydrogen-bond acceptors (Lipinski definition) is 3. The Morgan fingerprint density at radius 3 is 2.62 bits per heavy atom. The minimum Gasteiger partial charge on any atom is -0.483 e. The predicted molar refractivity (Wildman–Crippen MR) is 81.9 cm³/mol. The normalized spacial score (nSPS) is 12.3. The molecule has 1 aromatic rings. The monoisotopic (exact) mass is 296 g/mol. The molecule has 5 heteroatoms. The lowest BCUT2D eigenvalue weighted by atomic mass is 10.1. The zero-order valence-electron chi connectivity index (χ0n) is 13.4. The zero-order valence-corrected chi connectivity index (χ0v) is 13.4. The molecule has 0 fully saturated rings. The van der Waals surface area contributed by atoms with Crippen LogP contribution in [0.4, 0.5) is 4.39 Å². The second-order valence-corrected chi connectivity index (χ2v) is 5.35. The van der Waals surface area contributed by atoms with Crippen molar-refractivity contribution in [1.82, 2.24) is 10.2 Å². The van der Waals surface area contributed by atoms with E-state index in [2.05, 4.69) is 5.32 Å². The average Bonchev–Trinajstić information content (AvgIpc) is 2.44. The van der Waals surface area contributed by atoms with Gasteiger partial charge in [-0.25, -0.2) is 4.39 Å². The number of nitrogens with zero attached hydrogens (tertiary/aromatic N) is 1. The maximum Gasteiger partial charge on any atom is 0.260 e. The standard InChI is InChI=1S/C16H25FN2O2/c1-6-18-12(4)14-9-13(17)7-8-15(14)21-10-16(20)19(5)11(2)3/h7-9,11-12,18H,6,10H2,1-5H3. The van der Waals surface area contributed by atoms with Gasteiger partial charge in [0.2, 0.25) is 0 Å². The molecule has 0 heterocycles. The molecule has 0 saturated carbocycles. The number of hydrogen-bond donors (Lipinski definition) is 1. The highest BCUT2D eigenvalue weighted by Crippen LogP contribution is 2.26. The highest BCUT2D eigenvalue weighted by molar-refractivity contribution is 5.77. The summed E-state index contributed by atoms with van der Waals surface area (Å²) in [5.41, 5.74) is 0.719. The van der Waals surface area contributed by atoms with Gasteiger partial charge in [0.25, 0.3) is 5.91 Å². The van der Waals surface area contributed by atoms with Crippen LogP contribution in [0.15, 0.2) is 18.2 Å². The molecule has 0 saturated heterocycles. The van der Waals surface area contributed by atoms with Crippen LogP contribution < -0.4 is 10.1 Å². The van der Waals surface area contributed by atoms with Crippen LogP contribution in [0.2, 0.25) is 0 Å². The van der Waals surface area contributed by atoms with Crippen LogP contribution in [0, 0.1) is 5.82 Å². The molecule has 118 valence electrons. The van der Waals surface area contributed by atoms with E-state index in [0.717, 1.165) is 12.1 Å². The smallest absolute Gasteiger partial charge is 0.260 e. The number of ether oxygens (including phenoxy) is 1. The van der Waals surface area contributed by atoms with Crippen LogP contribution >= 0.6 is 0 Å². The molecule has 1 unspecified atom stereocenters. The third kappa shape index (κ3) is 5.01. The third-order valence-corrected chi connectivity index (χ3v) is 3.47. The Balaban J connectivity index is 2.81. The Morgan fingerprint density at radius 2 is 2.05 bits per heavy atom. The van der Waals surface area contributed by atoms with Gasteiger partial charge in [0.05, 0.1) is 0 Å². The topological polar surface area (TPSA) is 41.6 Å². The molecule has 1 rings (SSSR count). The van der Waals surface area contributed by atoms with Gasteiger partial charge >= 0.3 is 0 Å². The Kier molecular flexibility index (Phi) is 6.62. The van der Waals surface area contributed by atoms with Crippen molar-refractivity contribution in [2.45, 2.75) is 39.8 Å². The van der Waals surface area contributed by atoms with Crippen LogP contribution in [0.5, 0.6) is 5.75 Å². The van der Waals surface area contributed by atoms with E-state index in [1.807, 2.05) is 27.7 Å². The molecule has 0 spiro atoms. The van der Waals surface area contributed by atoms with Crippen molar-refractivity contribution in [3.05, 3.63) is 29.6 Å². The number of benzene rings is 1. The summed E-state index contributed by atoms with van der Waals surface area (Å²) in [6.07, 6.45) is 0. The number of rotatable bonds is 7. The van der Waals surface area contributed by atoms with Gasteiger partial charge < -0.3 is 15.0 Å². The van der Waals surface area contributed by atoms with Crippen molar-refractivity contribution in [3.8, 4) is 5.75 Å². The molecule has 1 aromatic carbocycles. The Hall–Kier alpha value is -1.62. The predicted octanol–water partition coefficient (Wildman–Crippen LogP) is 2.74. The average molecular weight is 296 g/mol. The Bertz CT molecular complexity index is 477. The van der Waals surface area contributed by atoms with Gasteiger partial charge in [-0.2, -0.15) is 0 Å². The van der Waals surface area contributed by atoms with Crippen LogP contribution in [0.1, 0.15) is 39.3 Å². The van der Waals surface area contributed by atoms with Crippen LogP contribution in [-0.4, -0.2) is 37.0 Å². The highest BCUT2D eigenvalue weighted by atomic mass is 19.1. The fourth-order valence-corrected chi connectivity index (χ4v) is 1.93. The summed E-state index contributed by atoms with van der Waals surface area (Å²) in [5, 5.41) is 3.22. The first-order valence-corrected chi connectivity index (χ1v) is 7.28. The van der Waals surface area contributed by atoms with Gasteiger partial charge in [0.15, 0.2) is 6.61 Å². The lowest BCUT2D eigenvalue weighted by molar-refractivity contribution is -0.133. The SMILES string of the molecule is CCNC(C)c1cc(F)ccc1OCC(=O)N(C)C(C)C. The fourth-order valence-electron chi connectivity index (χ4n) is 1.93. The summed E-state index contributed by atoms with van der Waals surface area (Å²) >= 11 is 0. The van der Waals surface area contributed by atoms with Crippen LogP contribution in [-0.2, 0) is 4.79 Å². The summed E-state index contributed by atoms with van der Waals surface area (Å²) in [4.78, 5) is 13.6. The minimum absolute atomic E-state index is 0.0429. The Morgan fingerprint density at radius 1 is 1.38 bits per heavy atom. The van der Waals surface area contributed by atoms with Gasteiger partial charge in [0.1, 0.15) is 11.6 Å². The maximum atomic E-state index is 13.4. The second kappa shape index (κ2) is 7.98. The van der Waals surface area contributed by atoms with E-state index in [0.29, 0.717) is 5.75 Å². The second-order valence-electron chi connectivity index (χ2n) is 5.35. The van der Waals surface area contributed by atoms with E-state index in [1.54, 1.807) is 18.0 Å².